The number of nitrogens with one attached hydrogen (secondary N) is 1. The number of fused-ring (bicyclic) bond motifs is 1. The van der Waals surface area contributed by atoms with Crippen molar-refractivity contribution in [2.24, 2.45) is 0 Å². The van der Waals surface area contributed by atoms with Gasteiger partial charge in [-0.1, -0.05) is 11.6 Å². The molecule has 0 aliphatic carbocycles. The molecule has 0 saturated heterocycles. The van der Waals surface area contributed by atoms with Crippen molar-refractivity contribution in [1.82, 2.24) is 0 Å². The second-order valence-corrected chi connectivity index (χ2v) is 5.17. The van der Waals surface area contributed by atoms with Crippen LogP contribution in [-0.4, -0.2) is 12.5 Å². The second kappa shape index (κ2) is 5.18. The summed E-state index contributed by atoms with van der Waals surface area (Å²) in [6.45, 7) is 1.88. The fourth-order valence-electron chi connectivity index (χ4n) is 2.06. The number of hydrogen-bond acceptors (Lipinski definition) is 4. The monoisotopic (exact) mass is 304 g/mol. The van der Waals surface area contributed by atoms with Crippen LogP contribution in [0.25, 0.3) is 0 Å². The van der Waals surface area contributed by atoms with Gasteiger partial charge in [0.2, 0.25) is 0 Å². The molecule has 0 saturated carbocycles. The number of carbonyl (C=O) groups is 1. The second-order valence-electron chi connectivity index (χ2n) is 4.73. The third-order valence-corrected chi connectivity index (χ3v) is 3.34. The van der Waals surface area contributed by atoms with E-state index >= 15 is 0 Å². The maximum Gasteiger partial charge on any atom is 0.262 e. The molecule has 21 heavy (non-hydrogen) atoms. The number of rotatable bonds is 2. The van der Waals surface area contributed by atoms with Crippen LogP contribution in [0.3, 0.4) is 0 Å². The van der Waals surface area contributed by atoms with Crippen molar-refractivity contribution < 1.29 is 14.3 Å². The first-order valence-electron chi connectivity index (χ1n) is 6.33. The van der Waals surface area contributed by atoms with Crippen molar-refractivity contribution in [3.05, 3.63) is 40.9 Å². The number of nitrogens with two attached hydrogens (primary N) is 1. The SMILES string of the molecule is Cc1cc(Cl)ccc1Oc1cc2c(cc1N)OCC(=O)N2. The molecule has 1 heterocycles. The van der Waals surface area contributed by atoms with Crippen LogP contribution in [0.2, 0.25) is 5.02 Å². The molecule has 6 heteroatoms. The van der Waals surface area contributed by atoms with Gasteiger partial charge in [0.1, 0.15) is 11.5 Å². The van der Waals surface area contributed by atoms with Crippen LogP contribution < -0.4 is 20.5 Å². The number of carbonyl (C=O) groups excluding carboxylic acids is 1. The summed E-state index contributed by atoms with van der Waals surface area (Å²) in [6.07, 6.45) is 0. The van der Waals surface area contributed by atoms with Gasteiger partial charge in [0.25, 0.3) is 5.91 Å². The first kappa shape index (κ1) is 13.6. The zero-order valence-corrected chi connectivity index (χ0v) is 12.0. The third kappa shape index (κ3) is 2.73. The summed E-state index contributed by atoms with van der Waals surface area (Å²) in [5.41, 5.74) is 7.83. The molecule has 1 amide bonds. The van der Waals surface area contributed by atoms with Crippen molar-refractivity contribution in [3.8, 4) is 17.2 Å². The number of anilines is 2. The van der Waals surface area contributed by atoms with E-state index in [-0.39, 0.29) is 12.5 Å². The van der Waals surface area contributed by atoms with E-state index in [2.05, 4.69) is 5.32 Å². The molecule has 2 aromatic carbocycles. The van der Waals surface area contributed by atoms with Crippen LogP contribution in [0.1, 0.15) is 5.56 Å². The molecule has 1 aliphatic heterocycles. The van der Waals surface area contributed by atoms with Gasteiger partial charge in [-0.15, -0.1) is 0 Å². The zero-order valence-electron chi connectivity index (χ0n) is 11.3. The van der Waals surface area contributed by atoms with Gasteiger partial charge < -0.3 is 20.5 Å². The molecule has 3 rings (SSSR count). The van der Waals surface area contributed by atoms with Crippen LogP contribution in [0.15, 0.2) is 30.3 Å². The van der Waals surface area contributed by atoms with Gasteiger partial charge >= 0.3 is 0 Å². The Labute approximate surface area is 126 Å². The summed E-state index contributed by atoms with van der Waals surface area (Å²) in [7, 11) is 0. The molecule has 0 bridgehead atoms. The summed E-state index contributed by atoms with van der Waals surface area (Å²) in [5, 5.41) is 3.35. The van der Waals surface area contributed by atoms with Crippen LogP contribution in [0, 0.1) is 6.92 Å². The van der Waals surface area contributed by atoms with Gasteiger partial charge in [-0.3, -0.25) is 4.79 Å². The van der Waals surface area contributed by atoms with Gasteiger partial charge in [-0.2, -0.15) is 0 Å². The van der Waals surface area contributed by atoms with Crippen molar-refractivity contribution in [3.63, 3.8) is 0 Å². The molecular formula is C15H13ClN2O3. The molecule has 0 atom stereocenters. The molecule has 0 spiro atoms. The van der Waals surface area contributed by atoms with Crippen LogP contribution in [0.4, 0.5) is 11.4 Å². The van der Waals surface area contributed by atoms with E-state index in [1.165, 1.54) is 0 Å². The maximum absolute atomic E-state index is 11.3. The highest BCUT2D eigenvalue weighted by Crippen LogP contribution is 2.39. The van der Waals surface area contributed by atoms with Crippen molar-refractivity contribution in [2.75, 3.05) is 17.7 Å². The number of nitrogen functional groups attached to an aromatic ring is 1. The van der Waals surface area contributed by atoms with E-state index in [1.54, 1.807) is 30.3 Å². The zero-order chi connectivity index (χ0) is 15.0. The van der Waals surface area contributed by atoms with E-state index in [0.717, 1.165) is 5.56 Å². The Hall–Kier alpha value is -2.40. The predicted octanol–water partition coefficient (Wildman–Crippen LogP) is 3.35. The average Bonchev–Trinajstić information content (AvgIpc) is 2.43. The highest BCUT2D eigenvalue weighted by atomic mass is 35.5. The summed E-state index contributed by atoms with van der Waals surface area (Å²) in [5.74, 6) is 1.42. The molecule has 0 fully saturated rings. The molecule has 3 N–H and O–H groups in total. The quantitative estimate of drug-likeness (QED) is 0.834. The lowest BCUT2D eigenvalue weighted by atomic mass is 10.2. The Balaban J connectivity index is 1.95. The average molecular weight is 305 g/mol. The van der Waals surface area contributed by atoms with E-state index in [1.807, 2.05) is 6.92 Å². The van der Waals surface area contributed by atoms with E-state index in [9.17, 15) is 4.79 Å². The van der Waals surface area contributed by atoms with Gasteiger partial charge in [0.15, 0.2) is 12.4 Å². The maximum atomic E-state index is 11.3. The number of benzene rings is 2. The van der Waals surface area contributed by atoms with Crippen LogP contribution >= 0.6 is 11.6 Å². The normalized spacial score (nSPS) is 13.1. The molecule has 0 unspecified atom stereocenters. The fraction of sp³-hybridized carbons (Fsp3) is 0.133. The highest BCUT2D eigenvalue weighted by molar-refractivity contribution is 6.30. The standard InChI is InChI=1S/C15H13ClN2O3/c1-8-4-9(16)2-3-12(8)21-13-6-11-14(5-10(13)17)20-7-15(19)18-11/h2-6H,7,17H2,1H3,(H,18,19). The number of ether oxygens (including phenoxy) is 2. The van der Waals surface area contributed by atoms with Crippen LogP contribution in [0.5, 0.6) is 17.2 Å². The molecule has 108 valence electrons. The molecule has 5 nitrogen and oxygen atoms in total. The summed E-state index contributed by atoms with van der Waals surface area (Å²) in [4.78, 5) is 11.3. The topological polar surface area (TPSA) is 73.6 Å². The summed E-state index contributed by atoms with van der Waals surface area (Å²) >= 11 is 5.92. The Morgan fingerprint density at radius 2 is 2.10 bits per heavy atom. The molecular weight excluding hydrogens is 292 g/mol. The lowest BCUT2D eigenvalue weighted by Crippen LogP contribution is -2.25. The Bertz CT molecular complexity index is 731. The highest BCUT2D eigenvalue weighted by Gasteiger charge is 2.19. The lowest BCUT2D eigenvalue weighted by Gasteiger charge is -2.20. The van der Waals surface area contributed by atoms with Gasteiger partial charge in [-0.25, -0.2) is 0 Å². The van der Waals surface area contributed by atoms with E-state index in [4.69, 9.17) is 26.8 Å². The smallest absolute Gasteiger partial charge is 0.262 e. The Morgan fingerprint density at radius 1 is 1.29 bits per heavy atom. The minimum absolute atomic E-state index is 0.0110. The van der Waals surface area contributed by atoms with Crippen molar-refractivity contribution in [1.29, 1.82) is 0 Å². The Kier molecular flexibility index (Phi) is 3.35. The number of aryl methyl sites for hydroxylation is 1. The summed E-state index contributed by atoms with van der Waals surface area (Å²) < 4.78 is 11.1. The minimum Gasteiger partial charge on any atom is -0.481 e. The molecule has 0 aromatic heterocycles. The first-order chi connectivity index (χ1) is 10.0. The molecule has 0 radical (unpaired) electrons. The minimum atomic E-state index is -0.208. The first-order valence-corrected chi connectivity index (χ1v) is 6.71. The van der Waals surface area contributed by atoms with Crippen molar-refractivity contribution in [2.45, 2.75) is 6.92 Å². The van der Waals surface area contributed by atoms with Crippen molar-refractivity contribution >= 4 is 28.9 Å². The van der Waals surface area contributed by atoms with E-state index in [0.29, 0.717) is 33.6 Å². The largest absolute Gasteiger partial charge is 0.481 e. The third-order valence-electron chi connectivity index (χ3n) is 3.10. The number of halogens is 1. The fourth-order valence-corrected chi connectivity index (χ4v) is 2.28. The Morgan fingerprint density at radius 3 is 2.86 bits per heavy atom. The van der Waals surface area contributed by atoms with Crippen LogP contribution in [-0.2, 0) is 4.79 Å². The molecule has 2 aromatic rings. The predicted molar refractivity (Wildman–Crippen MR) is 81.2 cm³/mol. The summed E-state index contributed by atoms with van der Waals surface area (Å²) in [6, 6.07) is 8.59. The number of amides is 1. The van der Waals surface area contributed by atoms with Gasteiger partial charge in [0, 0.05) is 17.2 Å². The van der Waals surface area contributed by atoms with E-state index < -0.39 is 0 Å². The van der Waals surface area contributed by atoms with Gasteiger partial charge in [0.05, 0.1) is 11.4 Å². The lowest BCUT2D eigenvalue weighted by molar-refractivity contribution is -0.118. The molecule has 1 aliphatic rings. The number of hydrogen-bond donors (Lipinski definition) is 2. The van der Waals surface area contributed by atoms with Gasteiger partial charge in [-0.05, 0) is 30.7 Å².